The molecule has 0 atom stereocenters. The molecule has 0 radical (unpaired) electrons. The maximum atomic E-state index is 13.4. The van der Waals surface area contributed by atoms with Crippen molar-refractivity contribution in [3.05, 3.63) is 52.1 Å². The minimum absolute atomic E-state index is 0.0103. The van der Waals surface area contributed by atoms with Gasteiger partial charge in [0.2, 0.25) is 5.88 Å². The number of rotatable bonds is 3. The van der Waals surface area contributed by atoms with Crippen LogP contribution in [-0.4, -0.2) is 9.97 Å². The van der Waals surface area contributed by atoms with E-state index >= 15 is 0 Å². The Hall–Kier alpha value is -2.24. The molecule has 1 aromatic heterocycles. The summed E-state index contributed by atoms with van der Waals surface area (Å²) in [5, 5.41) is 0. The first-order valence-electron chi connectivity index (χ1n) is 5.86. The van der Waals surface area contributed by atoms with Crippen LogP contribution in [0.25, 0.3) is 0 Å². The topological polar surface area (TPSA) is 55.0 Å². The second-order valence-electron chi connectivity index (χ2n) is 4.42. The fraction of sp³-hybridized carbons (Fsp3) is 0.231. The number of hydrogen-bond acceptors (Lipinski definition) is 3. The molecule has 3 rings (SSSR count). The van der Waals surface area contributed by atoms with E-state index in [9.17, 15) is 13.6 Å². The fourth-order valence-corrected chi connectivity index (χ4v) is 1.73. The van der Waals surface area contributed by atoms with Gasteiger partial charge in [-0.05, 0) is 25.0 Å². The minimum Gasteiger partial charge on any atom is -0.436 e. The van der Waals surface area contributed by atoms with Crippen molar-refractivity contribution in [3.63, 3.8) is 0 Å². The van der Waals surface area contributed by atoms with Gasteiger partial charge in [-0.25, -0.2) is 8.78 Å². The minimum atomic E-state index is -0.838. The molecule has 0 saturated heterocycles. The predicted octanol–water partition coefficient (Wildman–Crippen LogP) is 2.72. The van der Waals surface area contributed by atoms with E-state index in [0.717, 1.165) is 31.0 Å². The summed E-state index contributed by atoms with van der Waals surface area (Å²) in [5.74, 6) is -0.894. The number of halogens is 2. The highest BCUT2D eigenvalue weighted by Gasteiger charge is 2.26. The number of ether oxygens (including phenoxy) is 1. The van der Waals surface area contributed by atoms with E-state index in [0.29, 0.717) is 11.9 Å². The van der Waals surface area contributed by atoms with Crippen LogP contribution in [-0.2, 0) is 0 Å². The van der Waals surface area contributed by atoms with Crippen molar-refractivity contribution in [2.45, 2.75) is 18.8 Å². The molecule has 1 aliphatic carbocycles. The van der Waals surface area contributed by atoms with E-state index in [1.165, 1.54) is 0 Å². The molecule has 0 aliphatic heterocycles. The smallest absolute Gasteiger partial charge is 0.254 e. The zero-order chi connectivity index (χ0) is 13.4. The number of aromatic amines is 1. The summed E-state index contributed by atoms with van der Waals surface area (Å²) in [6.07, 6.45) is 1.94. The molecule has 98 valence electrons. The maximum absolute atomic E-state index is 13.4. The Morgan fingerprint density at radius 1 is 1.26 bits per heavy atom. The first kappa shape index (κ1) is 11.8. The van der Waals surface area contributed by atoms with Crippen LogP contribution in [0.15, 0.2) is 29.1 Å². The van der Waals surface area contributed by atoms with Gasteiger partial charge in [-0.1, -0.05) is 0 Å². The average molecular weight is 264 g/mol. The second-order valence-corrected chi connectivity index (χ2v) is 4.42. The van der Waals surface area contributed by atoms with Crippen molar-refractivity contribution < 1.29 is 13.5 Å². The molecular formula is C13H10F2N2O2. The molecule has 0 unspecified atom stereocenters. The Morgan fingerprint density at radius 3 is 2.74 bits per heavy atom. The monoisotopic (exact) mass is 264 g/mol. The molecule has 1 aliphatic rings. The van der Waals surface area contributed by atoms with Crippen LogP contribution in [0.1, 0.15) is 24.6 Å². The third-order valence-corrected chi connectivity index (χ3v) is 2.81. The van der Waals surface area contributed by atoms with Gasteiger partial charge in [0.05, 0.1) is 6.07 Å². The van der Waals surface area contributed by atoms with Crippen LogP contribution in [0.2, 0.25) is 0 Å². The lowest BCUT2D eigenvalue weighted by Gasteiger charge is -2.06. The van der Waals surface area contributed by atoms with Crippen LogP contribution in [0.4, 0.5) is 8.78 Å². The SMILES string of the molecule is O=c1cc(Oc2ccc(F)cc2F)nc(C2CC2)[nH]1. The van der Waals surface area contributed by atoms with Gasteiger partial charge in [-0.2, -0.15) is 4.98 Å². The largest absolute Gasteiger partial charge is 0.436 e. The van der Waals surface area contributed by atoms with Gasteiger partial charge in [0.15, 0.2) is 11.6 Å². The number of aromatic nitrogens is 2. The van der Waals surface area contributed by atoms with Crippen LogP contribution in [0.5, 0.6) is 11.6 Å². The van der Waals surface area contributed by atoms with E-state index in [2.05, 4.69) is 9.97 Å². The van der Waals surface area contributed by atoms with Crippen molar-refractivity contribution in [1.29, 1.82) is 0 Å². The molecule has 0 amide bonds. The van der Waals surface area contributed by atoms with Crippen LogP contribution >= 0.6 is 0 Å². The molecule has 0 spiro atoms. The van der Waals surface area contributed by atoms with Crippen molar-refractivity contribution in [1.82, 2.24) is 9.97 Å². The number of H-pyrrole nitrogens is 1. The van der Waals surface area contributed by atoms with Crippen molar-refractivity contribution >= 4 is 0 Å². The van der Waals surface area contributed by atoms with Crippen molar-refractivity contribution in [2.24, 2.45) is 0 Å². The van der Waals surface area contributed by atoms with Gasteiger partial charge >= 0.3 is 0 Å². The zero-order valence-corrected chi connectivity index (χ0v) is 9.82. The first-order chi connectivity index (χ1) is 9.11. The van der Waals surface area contributed by atoms with Gasteiger partial charge in [0.25, 0.3) is 5.56 Å². The zero-order valence-electron chi connectivity index (χ0n) is 9.82. The highest BCUT2D eigenvalue weighted by molar-refractivity contribution is 5.29. The third kappa shape index (κ3) is 2.62. The summed E-state index contributed by atoms with van der Waals surface area (Å²) in [6.45, 7) is 0. The number of nitrogens with zero attached hydrogens (tertiary/aromatic N) is 1. The predicted molar refractivity (Wildman–Crippen MR) is 63.3 cm³/mol. The molecule has 1 saturated carbocycles. The standard InChI is InChI=1S/C13H10F2N2O2/c14-8-3-4-10(9(15)5-8)19-12-6-11(18)16-13(17-12)7-1-2-7/h3-7H,1-2H2,(H,16,17,18). The van der Waals surface area contributed by atoms with Crippen molar-refractivity contribution in [2.75, 3.05) is 0 Å². The lowest BCUT2D eigenvalue weighted by molar-refractivity contribution is 0.420. The number of benzene rings is 1. The highest BCUT2D eigenvalue weighted by atomic mass is 19.1. The normalized spacial score (nSPS) is 14.4. The molecule has 19 heavy (non-hydrogen) atoms. The molecule has 1 heterocycles. The van der Waals surface area contributed by atoms with Crippen molar-refractivity contribution in [3.8, 4) is 11.6 Å². The summed E-state index contributed by atoms with van der Waals surface area (Å²) in [4.78, 5) is 18.2. The lowest BCUT2D eigenvalue weighted by Crippen LogP contribution is -2.10. The van der Waals surface area contributed by atoms with Gasteiger partial charge in [0.1, 0.15) is 11.6 Å². The van der Waals surface area contributed by atoms with Crippen LogP contribution in [0, 0.1) is 11.6 Å². The lowest BCUT2D eigenvalue weighted by atomic mass is 10.3. The Balaban J connectivity index is 1.92. The Bertz CT molecular complexity index is 681. The molecule has 1 aromatic carbocycles. The van der Waals surface area contributed by atoms with Gasteiger partial charge in [0, 0.05) is 12.0 Å². The quantitative estimate of drug-likeness (QED) is 0.927. The summed E-state index contributed by atoms with van der Waals surface area (Å²) in [5.41, 5.74) is -0.352. The molecule has 2 aromatic rings. The van der Waals surface area contributed by atoms with E-state index in [-0.39, 0.29) is 23.1 Å². The summed E-state index contributed by atoms with van der Waals surface area (Å²) >= 11 is 0. The van der Waals surface area contributed by atoms with Gasteiger partial charge in [-0.15, -0.1) is 0 Å². The molecule has 1 N–H and O–H groups in total. The molecule has 4 nitrogen and oxygen atoms in total. The summed E-state index contributed by atoms with van der Waals surface area (Å²) < 4.78 is 31.4. The van der Waals surface area contributed by atoms with Crippen LogP contribution in [0.3, 0.4) is 0 Å². The third-order valence-electron chi connectivity index (χ3n) is 2.81. The highest BCUT2D eigenvalue weighted by Crippen LogP contribution is 2.38. The molecule has 0 bridgehead atoms. The molecule has 1 fully saturated rings. The summed E-state index contributed by atoms with van der Waals surface area (Å²) in [6, 6.07) is 4.08. The van der Waals surface area contributed by atoms with E-state index in [4.69, 9.17) is 4.74 Å². The Labute approximate surface area is 107 Å². The fourth-order valence-electron chi connectivity index (χ4n) is 1.73. The number of hydrogen-bond donors (Lipinski definition) is 1. The summed E-state index contributed by atoms with van der Waals surface area (Å²) in [7, 11) is 0. The van der Waals surface area contributed by atoms with E-state index in [1.54, 1.807) is 0 Å². The molecular weight excluding hydrogens is 254 g/mol. The Kier molecular flexibility index (Phi) is 2.77. The maximum Gasteiger partial charge on any atom is 0.254 e. The second kappa shape index (κ2) is 4.46. The van der Waals surface area contributed by atoms with E-state index in [1.807, 2.05) is 0 Å². The van der Waals surface area contributed by atoms with E-state index < -0.39 is 11.6 Å². The first-order valence-corrected chi connectivity index (χ1v) is 5.86. The van der Waals surface area contributed by atoms with Gasteiger partial charge in [-0.3, -0.25) is 4.79 Å². The average Bonchev–Trinajstić information content (AvgIpc) is 3.16. The van der Waals surface area contributed by atoms with Crippen LogP contribution < -0.4 is 10.3 Å². The van der Waals surface area contributed by atoms with Gasteiger partial charge < -0.3 is 9.72 Å². The number of nitrogens with one attached hydrogen (secondary N) is 1. The Morgan fingerprint density at radius 2 is 2.05 bits per heavy atom. The molecule has 6 heteroatoms.